The molecule has 1 N–H and O–H groups in total. The molecule has 19 heavy (non-hydrogen) atoms. The van der Waals surface area contributed by atoms with Gasteiger partial charge in [-0.15, -0.1) is 0 Å². The van der Waals surface area contributed by atoms with Crippen LogP contribution in [0.1, 0.15) is 37.0 Å². The third-order valence-electron chi connectivity index (χ3n) is 3.31. The molecular formula is C14H20ClN3O. The van der Waals surface area contributed by atoms with Crippen LogP contribution in [-0.4, -0.2) is 35.4 Å². The zero-order valence-electron chi connectivity index (χ0n) is 11.4. The van der Waals surface area contributed by atoms with Gasteiger partial charge in [0.25, 0.3) is 5.91 Å². The summed E-state index contributed by atoms with van der Waals surface area (Å²) >= 11 is 5.99. The SMILES string of the molecule is CCCNc1cc(C(=O)N2CCC(C)C2)cc(Cl)n1. The summed E-state index contributed by atoms with van der Waals surface area (Å²) in [7, 11) is 0. The molecule has 1 amide bonds. The summed E-state index contributed by atoms with van der Waals surface area (Å²) in [5.74, 6) is 1.30. The van der Waals surface area contributed by atoms with Gasteiger partial charge in [0, 0.05) is 25.2 Å². The van der Waals surface area contributed by atoms with E-state index in [1.807, 2.05) is 4.90 Å². The number of amides is 1. The molecule has 1 aliphatic heterocycles. The highest BCUT2D eigenvalue weighted by Gasteiger charge is 2.24. The second kappa shape index (κ2) is 6.24. The minimum Gasteiger partial charge on any atom is -0.370 e. The molecule has 4 nitrogen and oxygen atoms in total. The van der Waals surface area contributed by atoms with Gasteiger partial charge in [-0.05, 0) is 30.9 Å². The number of aromatic nitrogens is 1. The van der Waals surface area contributed by atoms with Crippen molar-refractivity contribution < 1.29 is 4.79 Å². The van der Waals surface area contributed by atoms with Crippen molar-refractivity contribution in [3.05, 3.63) is 22.8 Å². The maximum atomic E-state index is 12.4. The van der Waals surface area contributed by atoms with Crippen molar-refractivity contribution in [2.24, 2.45) is 5.92 Å². The van der Waals surface area contributed by atoms with Crippen molar-refractivity contribution in [1.82, 2.24) is 9.88 Å². The number of pyridine rings is 1. The minimum absolute atomic E-state index is 0.0493. The summed E-state index contributed by atoms with van der Waals surface area (Å²) in [5, 5.41) is 3.52. The van der Waals surface area contributed by atoms with E-state index in [0.29, 0.717) is 22.5 Å². The van der Waals surface area contributed by atoms with E-state index in [-0.39, 0.29) is 5.91 Å². The van der Waals surface area contributed by atoms with Crippen molar-refractivity contribution in [3.63, 3.8) is 0 Å². The van der Waals surface area contributed by atoms with Crippen LogP contribution in [0.25, 0.3) is 0 Å². The number of likely N-dealkylation sites (tertiary alicyclic amines) is 1. The average Bonchev–Trinajstić information content (AvgIpc) is 2.81. The molecule has 2 rings (SSSR count). The van der Waals surface area contributed by atoms with Gasteiger partial charge in [0.1, 0.15) is 11.0 Å². The minimum atomic E-state index is 0.0493. The number of halogens is 1. The van der Waals surface area contributed by atoms with Gasteiger partial charge in [0.2, 0.25) is 0 Å². The second-order valence-electron chi connectivity index (χ2n) is 5.14. The molecule has 0 spiro atoms. The van der Waals surface area contributed by atoms with Gasteiger partial charge in [-0.3, -0.25) is 4.79 Å². The van der Waals surface area contributed by atoms with Gasteiger partial charge >= 0.3 is 0 Å². The molecule has 1 aliphatic rings. The second-order valence-corrected chi connectivity index (χ2v) is 5.52. The Labute approximate surface area is 119 Å². The summed E-state index contributed by atoms with van der Waals surface area (Å²) < 4.78 is 0. The first-order chi connectivity index (χ1) is 9.10. The summed E-state index contributed by atoms with van der Waals surface area (Å²) in [6.07, 6.45) is 2.08. The Morgan fingerprint density at radius 3 is 3.00 bits per heavy atom. The molecule has 0 aromatic carbocycles. The lowest BCUT2D eigenvalue weighted by Gasteiger charge is -2.16. The van der Waals surface area contributed by atoms with Gasteiger partial charge in [-0.1, -0.05) is 25.4 Å². The molecular weight excluding hydrogens is 262 g/mol. The summed E-state index contributed by atoms with van der Waals surface area (Å²) in [5.41, 5.74) is 0.618. The fourth-order valence-corrected chi connectivity index (χ4v) is 2.47. The number of nitrogens with zero attached hydrogens (tertiary/aromatic N) is 2. The number of rotatable bonds is 4. The van der Waals surface area contributed by atoms with Gasteiger partial charge in [0.15, 0.2) is 0 Å². The Kier molecular flexibility index (Phi) is 4.64. The van der Waals surface area contributed by atoms with Crippen molar-refractivity contribution in [2.75, 3.05) is 25.0 Å². The quantitative estimate of drug-likeness (QED) is 0.863. The Morgan fingerprint density at radius 1 is 1.58 bits per heavy atom. The van der Waals surface area contributed by atoms with Crippen LogP contribution in [0.5, 0.6) is 0 Å². The maximum Gasteiger partial charge on any atom is 0.254 e. The predicted octanol–water partition coefficient (Wildman–Crippen LogP) is 3.04. The topological polar surface area (TPSA) is 45.2 Å². The molecule has 1 unspecified atom stereocenters. The van der Waals surface area contributed by atoms with Crippen LogP contribution in [0, 0.1) is 5.92 Å². The van der Waals surface area contributed by atoms with Crippen LogP contribution in [0.15, 0.2) is 12.1 Å². The number of hydrogen-bond donors (Lipinski definition) is 1. The molecule has 0 saturated carbocycles. The lowest BCUT2D eigenvalue weighted by atomic mass is 10.2. The first-order valence-electron chi connectivity index (χ1n) is 6.81. The third kappa shape index (κ3) is 3.60. The lowest BCUT2D eigenvalue weighted by Crippen LogP contribution is -2.28. The van der Waals surface area contributed by atoms with Crippen LogP contribution >= 0.6 is 11.6 Å². The number of anilines is 1. The first kappa shape index (κ1) is 14.1. The van der Waals surface area contributed by atoms with Gasteiger partial charge in [-0.2, -0.15) is 0 Å². The van der Waals surface area contributed by atoms with E-state index in [1.165, 1.54) is 0 Å². The van der Waals surface area contributed by atoms with Crippen LogP contribution in [0.4, 0.5) is 5.82 Å². The van der Waals surface area contributed by atoms with E-state index in [4.69, 9.17) is 11.6 Å². The maximum absolute atomic E-state index is 12.4. The number of carbonyl (C=O) groups excluding carboxylic acids is 1. The van der Waals surface area contributed by atoms with Gasteiger partial charge in [0.05, 0.1) is 0 Å². The normalized spacial score (nSPS) is 18.7. The van der Waals surface area contributed by atoms with Crippen molar-refractivity contribution in [3.8, 4) is 0 Å². The van der Waals surface area contributed by atoms with Crippen LogP contribution in [-0.2, 0) is 0 Å². The van der Waals surface area contributed by atoms with E-state index in [9.17, 15) is 4.79 Å². The highest BCUT2D eigenvalue weighted by atomic mass is 35.5. The Morgan fingerprint density at radius 2 is 2.37 bits per heavy atom. The van der Waals surface area contributed by atoms with E-state index >= 15 is 0 Å². The molecule has 0 radical (unpaired) electrons. The fourth-order valence-electron chi connectivity index (χ4n) is 2.27. The third-order valence-corrected chi connectivity index (χ3v) is 3.50. The highest BCUT2D eigenvalue weighted by molar-refractivity contribution is 6.29. The Balaban J connectivity index is 2.14. The summed E-state index contributed by atoms with van der Waals surface area (Å²) in [4.78, 5) is 18.5. The molecule has 2 heterocycles. The zero-order valence-corrected chi connectivity index (χ0v) is 12.2. The molecule has 5 heteroatoms. The van der Waals surface area contributed by atoms with Crippen LogP contribution in [0.3, 0.4) is 0 Å². The molecule has 1 aromatic rings. The molecule has 1 fully saturated rings. The number of hydrogen-bond acceptors (Lipinski definition) is 3. The van der Waals surface area contributed by atoms with Crippen molar-refractivity contribution in [2.45, 2.75) is 26.7 Å². The number of carbonyl (C=O) groups is 1. The molecule has 0 aliphatic carbocycles. The largest absolute Gasteiger partial charge is 0.370 e. The summed E-state index contributed by atoms with van der Waals surface area (Å²) in [6, 6.07) is 3.43. The van der Waals surface area contributed by atoms with Crippen molar-refractivity contribution in [1.29, 1.82) is 0 Å². The molecule has 1 aromatic heterocycles. The predicted molar refractivity (Wildman–Crippen MR) is 77.7 cm³/mol. The number of nitrogens with one attached hydrogen (secondary N) is 1. The first-order valence-corrected chi connectivity index (χ1v) is 7.18. The molecule has 0 bridgehead atoms. The standard InChI is InChI=1S/C14H20ClN3O/c1-3-5-16-13-8-11(7-12(15)17-13)14(19)18-6-4-10(2)9-18/h7-8,10H,3-6,9H2,1-2H3,(H,16,17). The lowest BCUT2D eigenvalue weighted by molar-refractivity contribution is 0.0788. The van der Waals surface area contributed by atoms with E-state index in [0.717, 1.165) is 32.5 Å². The fraction of sp³-hybridized carbons (Fsp3) is 0.571. The van der Waals surface area contributed by atoms with E-state index < -0.39 is 0 Å². The molecule has 1 atom stereocenters. The average molecular weight is 282 g/mol. The van der Waals surface area contributed by atoms with E-state index in [2.05, 4.69) is 24.1 Å². The van der Waals surface area contributed by atoms with Crippen molar-refractivity contribution >= 4 is 23.3 Å². The van der Waals surface area contributed by atoms with Gasteiger partial charge < -0.3 is 10.2 Å². The van der Waals surface area contributed by atoms with E-state index in [1.54, 1.807) is 12.1 Å². The van der Waals surface area contributed by atoms with Crippen LogP contribution in [0.2, 0.25) is 5.15 Å². The Bertz CT molecular complexity index is 464. The molecule has 1 saturated heterocycles. The zero-order chi connectivity index (χ0) is 13.8. The van der Waals surface area contributed by atoms with Gasteiger partial charge in [-0.25, -0.2) is 4.98 Å². The highest BCUT2D eigenvalue weighted by Crippen LogP contribution is 2.21. The molecule has 104 valence electrons. The Hall–Kier alpha value is -1.29. The van der Waals surface area contributed by atoms with Crippen LogP contribution < -0.4 is 5.32 Å². The monoisotopic (exact) mass is 281 g/mol. The smallest absolute Gasteiger partial charge is 0.254 e. The summed E-state index contributed by atoms with van der Waals surface area (Å²) in [6.45, 7) is 6.73.